The van der Waals surface area contributed by atoms with Crippen LogP contribution in [0.25, 0.3) is 11.1 Å². The molecule has 7 heteroatoms. The first-order chi connectivity index (χ1) is 14.0. The number of anilines is 1. The summed E-state index contributed by atoms with van der Waals surface area (Å²) in [5.74, 6) is -1.21. The first-order valence-electron chi connectivity index (χ1n) is 8.91. The van der Waals surface area contributed by atoms with Gasteiger partial charge < -0.3 is 15.4 Å². The first kappa shape index (κ1) is 20.3. The number of nitrogens with one attached hydrogen (secondary N) is 2. The molecule has 2 N–H and O–H groups in total. The van der Waals surface area contributed by atoms with Crippen molar-refractivity contribution in [2.75, 3.05) is 19.0 Å². The Hall–Kier alpha value is -3.45. The van der Waals surface area contributed by atoms with Gasteiger partial charge in [0.15, 0.2) is 6.61 Å². The van der Waals surface area contributed by atoms with E-state index in [1.165, 1.54) is 11.3 Å². The third-order valence-electron chi connectivity index (χ3n) is 4.21. The molecular formula is C22H20N2O4S. The molecule has 0 bridgehead atoms. The van der Waals surface area contributed by atoms with Gasteiger partial charge in [0.2, 0.25) is 0 Å². The molecule has 2 aromatic carbocycles. The van der Waals surface area contributed by atoms with E-state index in [0.29, 0.717) is 16.1 Å². The van der Waals surface area contributed by atoms with Gasteiger partial charge in [-0.3, -0.25) is 9.59 Å². The molecule has 0 fully saturated rings. The minimum atomic E-state index is -0.541. The molecule has 148 valence electrons. The van der Waals surface area contributed by atoms with Crippen LogP contribution >= 0.6 is 11.3 Å². The van der Waals surface area contributed by atoms with Crippen molar-refractivity contribution in [2.45, 2.75) is 6.92 Å². The van der Waals surface area contributed by atoms with Crippen molar-refractivity contribution in [3.63, 3.8) is 0 Å². The van der Waals surface area contributed by atoms with Crippen molar-refractivity contribution >= 4 is 34.8 Å². The molecule has 6 nitrogen and oxygen atoms in total. The molecule has 0 aliphatic heterocycles. The van der Waals surface area contributed by atoms with E-state index in [9.17, 15) is 14.4 Å². The molecule has 0 aliphatic rings. The van der Waals surface area contributed by atoms with Crippen LogP contribution in [-0.4, -0.2) is 31.4 Å². The van der Waals surface area contributed by atoms with Gasteiger partial charge in [-0.25, -0.2) is 4.79 Å². The van der Waals surface area contributed by atoms with Gasteiger partial charge in [-0.2, -0.15) is 0 Å². The van der Waals surface area contributed by atoms with Crippen LogP contribution in [0.2, 0.25) is 0 Å². The van der Waals surface area contributed by atoms with Crippen LogP contribution in [0, 0.1) is 6.92 Å². The van der Waals surface area contributed by atoms with Gasteiger partial charge >= 0.3 is 5.97 Å². The molecule has 3 rings (SSSR count). The van der Waals surface area contributed by atoms with E-state index in [4.69, 9.17) is 4.74 Å². The highest BCUT2D eigenvalue weighted by molar-refractivity contribution is 7.12. The normalized spacial score (nSPS) is 10.3. The van der Waals surface area contributed by atoms with E-state index in [1.807, 2.05) is 42.6 Å². The van der Waals surface area contributed by atoms with E-state index in [2.05, 4.69) is 10.6 Å². The fourth-order valence-electron chi connectivity index (χ4n) is 2.67. The molecule has 3 aromatic rings. The van der Waals surface area contributed by atoms with Crippen LogP contribution in [0.4, 0.5) is 5.69 Å². The summed E-state index contributed by atoms with van der Waals surface area (Å²) in [7, 11) is 1.55. The average Bonchev–Trinajstić information content (AvgIpc) is 3.22. The number of thiophene rings is 1. The minimum Gasteiger partial charge on any atom is -0.451 e. The second-order valence-corrected chi connectivity index (χ2v) is 7.23. The molecular weight excluding hydrogens is 388 g/mol. The fraction of sp³-hybridized carbons (Fsp3) is 0.136. The third-order valence-corrected chi connectivity index (χ3v) is 5.10. The lowest BCUT2D eigenvalue weighted by molar-refractivity contribution is -0.119. The first-order valence-corrected chi connectivity index (χ1v) is 9.79. The Morgan fingerprint density at radius 1 is 0.966 bits per heavy atom. The van der Waals surface area contributed by atoms with Crippen molar-refractivity contribution in [1.82, 2.24) is 5.32 Å². The highest BCUT2D eigenvalue weighted by atomic mass is 32.1. The minimum absolute atomic E-state index is 0.211. The van der Waals surface area contributed by atoms with Crippen molar-refractivity contribution in [3.8, 4) is 11.1 Å². The van der Waals surface area contributed by atoms with Crippen LogP contribution in [0.5, 0.6) is 0 Å². The third kappa shape index (κ3) is 5.08. The van der Waals surface area contributed by atoms with Gasteiger partial charge in [-0.1, -0.05) is 29.8 Å². The zero-order chi connectivity index (χ0) is 20.8. The number of aryl methyl sites for hydroxylation is 1. The number of ether oxygens (including phenoxy) is 1. The largest absolute Gasteiger partial charge is 0.451 e. The van der Waals surface area contributed by atoms with Crippen LogP contribution < -0.4 is 10.6 Å². The number of esters is 1. The molecule has 2 amide bonds. The number of carbonyl (C=O) groups excluding carboxylic acids is 3. The van der Waals surface area contributed by atoms with E-state index < -0.39 is 18.5 Å². The van der Waals surface area contributed by atoms with Crippen LogP contribution in [0.3, 0.4) is 0 Å². The Balaban J connectivity index is 1.58. The SMILES string of the molecule is CNC(=O)c1ccc(NC(=O)COC(=O)c2sccc2-c2ccc(C)cc2)cc1. The summed E-state index contributed by atoms with van der Waals surface area (Å²) < 4.78 is 5.18. The molecule has 0 unspecified atom stereocenters. The number of benzene rings is 2. The Morgan fingerprint density at radius 3 is 2.31 bits per heavy atom. The standard InChI is InChI=1S/C22H20N2O4S/c1-14-3-5-15(6-4-14)18-11-12-29-20(18)22(27)28-13-19(25)24-17-9-7-16(8-10-17)21(26)23-2/h3-12H,13H2,1-2H3,(H,23,26)(H,24,25). The second kappa shape index (κ2) is 9.16. The summed E-state index contributed by atoms with van der Waals surface area (Å²) in [5, 5.41) is 6.98. The maximum absolute atomic E-state index is 12.4. The molecule has 1 aromatic heterocycles. The predicted octanol–water partition coefficient (Wildman–Crippen LogP) is 3.88. The monoisotopic (exact) mass is 408 g/mol. The van der Waals surface area contributed by atoms with Crippen LogP contribution in [0.15, 0.2) is 60.0 Å². The Bertz CT molecular complexity index is 1020. The van der Waals surface area contributed by atoms with Crippen molar-refractivity contribution in [1.29, 1.82) is 0 Å². The van der Waals surface area contributed by atoms with Gasteiger partial charge in [0, 0.05) is 23.9 Å². The zero-order valence-electron chi connectivity index (χ0n) is 16.0. The van der Waals surface area contributed by atoms with Crippen LogP contribution in [0.1, 0.15) is 25.6 Å². The van der Waals surface area contributed by atoms with Crippen molar-refractivity contribution < 1.29 is 19.1 Å². The van der Waals surface area contributed by atoms with E-state index in [1.54, 1.807) is 31.3 Å². The molecule has 0 saturated carbocycles. The van der Waals surface area contributed by atoms with Crippen LogP contribution in [-0.2, 0) is 9.53 Å². The number of amides is 2. The summed E-state index contributed by atoms with van der Waals surface area (Å²) in [5.41, 5.74) is 3.83. The number of carbonyl (C=O) groups is 3. The second-order valence-electron chi connectivity index (χ2n) is 6.31. The summed E-state index contributed by atoms with van der Waals surface area (Å²) in [6, 6.07) is 16.1. The van der Waals surface area contributed by atoms with Gasteiger partial charge in [0.1, 0.15) is 4.88 Å². The molecule has 0 atom stereocenters. The molecule has 0 aliphatic carbocycles. The van der Waals surface area contributed by atoms with Gasteiger partial charge in [0.05, 0.1) is 0 Å². The summed E-state index contributed by atoms with van der Waals surface area (Å²) in [6.07, 6.45) is 0. The van der Waals surface area contributed by atoms with Gasteiger partial charge in [-0.15, -0.1) is 11.3 Å². The average molecular weight is 408 g/mol. The Kier molecular flexibility index (Phi) is 6.41. The summed E-state index contributed by atoms with van der Waals surface area (Å²) in [4.78, 5) is 36.5. The smallest absolute Gasteiger partial charge is 0.349 e. The molecule has 0 spiro atoms. The lowest BCUT2D eigenvalue weighted by atomic mass is 10.1. The Morgan fingerprint density at radius 2 is 1.66 bits per heavy atom. The topological polar surface area (TPSA) is 84.5 Å². The lowest BCUT2D eigenvalue weighted by Gasteiger charge is -2.08. The number of rotatable bonds is 6. The maximum Gasteiger partial charge on any atom is 0.349 e. The highest BCUT2D eigenvalue weighted by Gasteiger charge is 2.17. The Labute approximate surface area is 172 Å². The molecule has 1 heterocycles. The predicted molar refractivity (Wildman–Crippen MR) is 113 cm³/mol. The van der Waals surface area contributed by atoms with Gasteiger partial charge in [-0.05, 0) is 48.2 Å². The lowest BCUT2D eigenvalue weighted by Crippen LogP contribution is -2.21. The summed E-state index contributed by atoms with van der Waals surface area (Å²) >= 11 is 1.27. The van der Waals surface area contributed by atoms with Crippen molar-refractivity contribution in [2.24, 2.45) is 0 Å². The highest BCUT2D eigenvalue weighted by Crippen LogP contribution is 2.29. The molecule has 0 radical (unpaired) electrons. The number of hydrogen-bond donors (Lipinski definition) is 2. The fourth-order valence-corrected chi connectivity index (χ4v) is 3.48. The van der Waals surface area contributed by atoms with Gasteiger partial charge in [0.25, 0.3) is 11.8 Å². The number of hydrogen-bond acceptors (Lipinski definition) is 5. The quantitative estimate of drug-likeness (QED) is 0.606. The van der Waals surface area contributed by atoms with E-state index in [0.717, 1.165) is 16.7 Å². The van der Waals surface area contributed by atoms with E-state index in [-0.39, 0.29) is 5.91 Å². The zero-order valence-corrected chi connectivity index (χ0v) is 16.8. The summed E-state index contributed by atoms with van der Waals surface area (Å²) in [6.45, 7) is 1.60. The van der Waals surface area contributed by atoms with Crippen molar-refractivity contribution in [3.05, 3.63) is 76.0 Å². The van der Waals surface area contributed by atoms with E-state index >= 15 is 0 Å². The molecule has 0 saturated heterocycles. The maximum atomic E-state index is 12.4. The molecule has 29 heavy (non-hydrogen) atoms.